The van der Waals surface area contributed by atoms with Crippen LogP contribution in [0.5, 0.6) is 5.75 Å². The topological polar surface area (TPSA) is 38.3 Å². The third-order valence-corrected chi connectivity index (χ3v) is 4.58. The van der Waals surface area contributed by atoms with Crippen molar-refractivity contribution in [3.63, 3.8) is 0 Å². The van der Waals surface area contributed by atoms with Gasteiger partial charge in [0.1, 0.15) is 5.75 Å². The molecule has 24 heavy (non-hydrogen) atoms. The van der Waals surface area contributed by atoms with Crippen LogP contribution in [0.1, 0.15) is 36.5 Å². The molecule has 2 aromatic rings. The smallest absolute Gasteiger partial charge is 0.260 e. The Morgan fingerprint density at radius 2 is 1.88 bits per heavy atom. The van der Waals surface area contributed by atoms with Gasteiger partial charge in [-0.3, -0.25) is 4.79 Å². The van der Waals surface area contributed by atoms with Gasteiger partial charge in [-0.1, -0.05) is 42.5 Å². The molecule has 0 aromatic heterocycles. The lowest BCUT2D eigenvalue weighted by molar-refractivity contribution is -0.127. The van der Waals surface area contributed by atoms with Gasteiger partial charge in [0.15, 0.2) is 6.10 Å². The summed E-state index contributed by atoms with van der Waals surface area (Å²) in [6.45, 7) is 2.45. The van der Waals surface area contributed by atoms with Gasteiger partial charge in [-0.05, 0) is 61.8 Å². The Labute approximate surface area is 144 Å². The van der Waals surface area contributed by atoms with Crippen LogP contribution in [-0.2, 0) is 24.1 Å². The third kappa shape index (κ3) is 4.16. The van der Waals surface area contributed by atoms with Crippen LogP contribution >= 0.6 is 0 Å². The van der Waals surface area contributed by atoms with Crippen LogP contribution in [0.2, 0.25) is 0 Å². The summed E-state index contributed by atoms with van der Waals surface area (Å²) in [5.74, 6) is 0.817. The molecule has 3 heteroatoms. The summed E-state index contributed by atoms with van der Waals surface area (Å²) in [5, 5.41) is 2.97. The molecule has 0 saturated heterocycles. The average molecular weight is 323 g/mol. The van der Waals surface area contributed by atoms with Crippen LogP contribution in [0.25, 0.3) is 0 Å². The quantitative estimate of drug-likeness (QED) is 0.880. The van der Waals surface area contributed by atoms with Crippen LogP contribution in [0.3, 0.4) is 0 Å². The molecule has 2 aromatic carbocycles. The number of carbonyl (C=O) groups is 1. The van der Waals surface area contributed by atoms with Gasteiger partial charge in [-0.25, -0.2) is 0 Å². The largest absolute Gasteiger partial charge is 0.481 e. The first-order valence-corrected chi connectivity index (χ1v) is 8.83. The van der Waals surface area contributed by atoms with E-state index in [1.54, 1.807) is 0 Å². The van der Waals surface area contributed by atoms with E-state index < -0.39 is 6.10 Å². The van der Waals surface area contributed by atoms with E-state index in [2.05, 4.69) is 23.5 Å². The van der Waals surface area contributed by atoms with Crippen molar-refractivity contribution >= 4 is 5.91 Å². The van der Waals surface area contributed by atoms with Crippen molar-refractivity contribution < 1.29 is 9.53 Å². The minimum Gasteiger partial charge on any atom is -0.481 e. The molecule has 1 aliphatic rings. The van der Waals surface area contributed by atoms with E-state index >= 15 is 0 Å². The van der Waals surface area contributed by atoms with Crippen molar-refractivity contribution in [3.8, 4) is 5.75 Å². The summed E-state index contributed by atoms with van der Waals surface area (Å²) in [5.41, 5.74) is 3.88. The van der Waals surface area contributed by atoms with Gasteiger partial charge in [0.05, 0.1) is 0 Å². The molecule has 1 unspecified atom stereocenters. The number of hydrogen-bond donors (Lipinski definition) is 1. The van der Waals surface area contributed by atoms with E-state index in [1.165, 1.54) is 29.5 Å². The molecule has 3 rings (SSSR count). The Balaban J connectivity index is 1.53. The van der Waals surface area contributed by atoms with Crippen molar-refractivity contribution in [2.75, 3.05) is 6.54 Å². The van der Waals surface area contributed by atoms with Gasteiger partial charge in [0, 0.05) is 6.54 Å². The first kappa shape index (κ1) is 16.6. The number of amides is 1. The fourth-order valence-electron chi connectivity index (χ4n) is 3.22. The average Bonchev–Trinajstić information content (AvgIpc) is 2.63. The highest BCUT2D eigenvalue weighted by atomic mass is 16.5. The summed E-state index contributed by atoms with van der Waals surface area (Å²) in [4.78, 5) is 12.3. The minimum absolute atomic E-state index is 0.0562. The fourth-order valence-corrected chi connectivity index (χ4v) is 3.22. The van der Waals surface area contributed by atoms with E-state index in [4.69, 9.17) is 4.74 Å². The summed E-state index contributed by atoms with van der Waals surface area (Å²) >= 11 is 0. The first-order chi connectivity index (χ1) is 11.7. The van der Waals surface area contributed by atoms with Crippen molar-refractivity contribution in [3.05, 3.63) is 65.2 Å². The number of hydrogen-bond acceptors (Lipinski definition) is 2. The molecule has 126 valence electrons. The maximum Gasteiger partial charge on any atom is 0.260 e. The summed E-state index contributed by atoms with van der Waals surface area (Å²) < 4.78 is 5.97. The predicted molar refractivity (Wildman–Crippen MR) is 96.3 cm³/mol. The second kappa shape index (κ2) is 8.00. The van der Waals surface area contributed by atoms with Crippen molar-refractivity contribution in [1.82, 2.24) is 5.32 Å². The number of rotatable bonds is 6. The fraction of sp³-hybridized carbons (Fsp3) is 0.381. The van der Waals surface area contributed by atoms with Crippen molar-refractivity contribution in [1.29, 1.82) is 0 Å². The summed E-state index contributed by atoms with van der Waals surface area (Å²) in [6, 6.07) is 16.4. The number of nitrogens with one attached hydrogen (secondary N) is 1. The lowest BCUT2D eigenvalue weighted by atomic mass is 9.91. The Kier molecular flexibility index (Phi) is 5.52. The Hall–Kier alpha value is -2.29. The standard InChI is InChI=1S/C21H25NO2/c1-16(21(23)22-15-14-17-8-3-2-4-9-17)24-20-13-7-11-18-10-5-6-12-19(18)20/h2-4,7-9,11,13,16H,5-6,10,12,14-15H2,1H3,(H,22,23). The zero-order valence-corrected chi connectivity index (χ0v) is 14.3. The molecule has 1 amide bonds. The molecule has 0 aliphatic heterocycles. The zero-order valence-electron chi connectivity index (χ0n) is 14.3. The third-order valence-electron chi connectivity index (χ3n) is 4.58. The van der Waals surface area contributed by atoms with Crippen LogP contribution in [-0.4, -0.2) is 18.6 Å². The van der Waals surface area contributed by atoms with E-state index in [0.717, 1.165) is 25.0 Å². The van der Waals surface area contributed by atoms with Crippen LogP contribution in [0.15, 0.2) is 48.5 Å². The zero-order chi connectivity index (χ0) is 16.8. The predicted octanol–water partition coefficient (Wildman–Crippen LogP) is 3.69. The maximum absolute atomic E-state index is 12.3. The second-order valence-electron chi connectivity index (χ2n) is 6.39. The molecule has 1 N–H and O–H groups in total. The summed E-state index contributed by atoms with van der Waals surface area (Å²) in [7, 11) is 0. The summed E-state index contributed by atoms with van der Waals surface area (Å²) in [6.07, 6.45) is 4.96. The van der Waals surface area contributed by atoms with Gasteiger partial charge < -0.3 is 10.1 Å². The van der Waals surface area contributed by atoms with Gasteiger partial charge in [-0.15, -0.1) is 0 Å². The van der Waals surface area contributed by atoms with E-state index in [9.17, 15) is 4.79 Å². The van der Waals surface area contributed by atoms with E-state index in [0.29, 0.717) is 6.54 Å². The lowest BCUT2D eigenvalue weighted by Gasteiger charge is -2.22. The molecule has 0 saturated carbocycles. The molecule has 3 nitrogen and oxygen atoms in total. The molecule has 0 radical (unpaired) electrons. The number of aryl methyl sites for hydroxylation is 1. The number of ether oxygens (including phenoxy) is 1. The highest BCUT2D eigenvalue weighted by molar-refractivity contribution is 5.80. The maximum atomic E-state index is 12.3. The molecule has 0 spiro atoms. The number of carbonyl (C=O) groups excluding carboxylic acids is 1. The lowest BCUT2D eigenvalue weighted by Crippen LogP contribution is -2.37. The van der Waals surface area contributed by atoms with Gasteiger partial charge in [-0.2, -0.15) is 0 Å². The monoisotopic (exact) mass is 323 g/mol. The van der Waals surface area contributed by atoms with Gasteiger partial charge >= 0.3 is 0 Å². The first-order valence-electron chi connectivity index (χ1n) is 8.83. The molecule has 1 atom stereocenters. The molecule has 0 bridgehead atoms. The van der Waals surface area contributed by atoms with Crippen molar-refractivity contribution in [2.24, 2.45) is 0 Å². The Morgan fingerprint density at radius 3 is 2.71 bits per heavy atom. The van der Waals surface area contributed by atoms with Gasteiger partial charge in [0.25, 0.3) is 5.91 Å². The minimum atomic E-state index is -0.478. The molecular weight excluding hydrogens is 298 g/mol. The number of benzene rings is 2. The van der Waals surface area contributed by atoms with Crippen molar-refractivity contribution in [2.45, 2.75) is 45.1 Å². The van der Waals surface area contributed by atoms with Gasteiger partial charge in [0.2, 0.25) is 0 Å². The molecular formula is C21H25NO2. The van der Waals surface area contributed by atoms with Crippen LogP contribution < -0.4 is 10.1 Å². The normalized spacial score (nSPS) is 14.5. The highest BCUT2D eigenvalue weighted by Crippen LogP contribution is 2.30. The molecule has 1 aliphatic carbocycles. The highest BCUT2D eigenvalue weighted by Gasteiger charge is 2.19. The molecule has 0 heterocycles. The second-order valence-corrected chi connectivity index (χ2v) is 6.39. The van der Waals surface area contributed by atoms with E-state index in [1.807, 2.05) is 37.3 Å². The van der Waals surface area contributed by atoms with Crippen LogP contribution in [0, 0.1) is 0 Å². The van der Waals surface area contributed by atoms with Crippen LogP contribution in [0.4, 0.5) is 0 Å². The Bertz CT molecular complexity index is 681. The SMILES string of the molecule is CC(Oc1cccc2c1CCCC2)C(=O)NCCc1ccccc1. The Morgan fingerprint density at radius 1 is 1.08 bits per heavy atom. The molecule has 0 fully saturated rings. The number of fused-ring (bicyclic) bond motifs is 1. The van der Waals surface area contributed by atoms with E-state index in [-0.39, 0.29) is 5.91 Å².